The Balaban J connectivity index is 2.13. The fourth-order valence-electron chi connectivity index (χ4n) is 2.63. The van der Waals surface area contributed by atoms with Crippen LogP contribution in [0.25, 0.3) is 0 Å². The summed E-state index contributed by atoms with van der Waals surface area (Å²) >= 11 is 0. The van der Waals surface area contributed by atoms with Gasteiger partial charge in [-0.3, -0.25) is 14.9 Å². The molecular weight excluding hydrogens is 270 g/mol. The molecule has 1 amide bonds. The quantitative estimate of drug-likeness (QED) is 0.683. The Morgan fingerprint density at radius 3 is 2.48 bits per heavy atom. The highest BCUT2D eigenvalue weighted by Gasteiger charge is 2.31. The highest BCUT2D eigenvalue weighted by Crippen LogP contribution is 2.24. The van der Waals surface area contributed by atoms with E-state index in [-0.39, 0.29) is 17.1 Å². The molecule has 6 nitrogen and oxygen atoms in total. The van der Waals surface area contributed by atoms with E-state index < -0.39 is 4.92 Å². The molecule has 0 bridgehead atoms. The van der Waals surface area contributed by atoms with Gasteiger partial charge in [-0.1, -0.05) is 0 Å². The molecule has 0 spiro atoms. The van der Waals surface area contributed by atoms with E-state index in [2.05, 4.69) is 12.2 Å². The van der Waals surface area contributed by atoms with Crippen LogP contribution >= 0.6 is 0 Å². The van der Waals surface area contributed by atoms with E-state index in [1.54, 1.807) is 13.0 Å². The molecule has 1 aromatic rings. The number of nitrogens with zero attached hydrogens (tertiary/aromatic N) is 2. The van der Waals surface area contributed by atoms with Crippen molar-refractivity contribution in [3.05, 3.63) is 39.4 Å². The third-order valence-electron chi connectivity index (χ3n) is 4.41. The van der Waals surface area contributed by atoms with Crippen molar-refractivity contribution in [2.75, 3.05) is 20.1 Å². The van der Waals surface area contributed by atoms with Crippen molar-refractivity contribution in [1.82, 2.24) is 10.2 Å². The van der Waals surface area contributed by atoms with Crippen LogP contribution in [0.1, 0.15) is 35.7 Å². The number of benzene rings is 1. The Kier molecular flexibility index (Phi) is 4.27. The van der Waals surface area contributed by atoms with Crippen molar-refractivity contribution in [1.29, 1.82) is 0 Å². The number of aryl methyl sites for hydroxylation is 1. The Hall–Kier alpha value is -1.95. The summed E-state index contributed by atoms with van der Waals surface area (Å²) in [5.41, 5.74) is 1.30. The molecule has 1 aliphatic heterocycles. The maximum absolute atomic E-state index is 12.5. The molecule has 0 atom stereocenters. The summed E-state index contributed by atoms with van der Waals surface area (Å²) in [6.45, 7) is 5.30. The van der Waals surface area contributed by atoms with Crippen LogP contribution in [0.5, 0.6) is 0 Å². The molecule has 1 fully saturated rings. The number of non-ortho nitro benzene ring substituents is 1. The van der Waals surface area contributed by atoms with Crippen LogP contribution in [-0.4, -0.2) is 41.4 Å². The van der Waals surface area contributed by atoms with Gasteiger partial charge in [-0.2, -0.15) is 0 Å². The lowest BCUT2D eigenvalue weighted by molar-refractivity contribution is -0.384. The van der Waals surface area contributed by atoms with E-state index >= 15 is 0 Å². The van der Waals surface area contributed by atoms with Gasteiger partial charge in [-0.25, -0.2) is 0 Å². The molecule has 0 radical (unpaired) electrons. The maximum Gasteiger partial charge on any atom is 0.269 e. The van der Waals surface area contributed by atoms with E-state index in [1.165, 1.54) is 12.1 Å². The number of hydrogen-bond donors (Lipinski definition) is 1. The van der Waals surface area contributed by atoms with Crippen LogP contribution < -0.4 is 5.32 Å². The number of rotatable bonds is 3. The maximum atomic E-state index is 12.5. The topological polar surface area (TPSA) is 75.5 Å². The smallest absolute Gasteiger partial charge is 0.269 e. The van der Waals surface area contributed by atoms with Crippen LogP contribution in [-0.2, 0) is 0 Å². The number of likely N-dealkylation sites (tertiary alicyclic amines) is 1. The number of piperidine rings is 1. The fourth-order valence-corrected chi connectivity index (χ4v) is 2.63. The fraction of sp³-hybridized carbons (Fsp3) is 0.533. The number of carbonyl (C=O) groups excluding carboxylic acids is 1. The molecule has 6 heteroatoms. The monoisotopic (exact) mass is 291 g/mol. The molecule has 0 aliphatic carbocycles. The Morgan fingerprint density at radius 1 is 1.38 bits per heavy atom. The van der Waals surface area contributed by atoms with Gasteiger partial charge in [0.25, 0.3) is 11.6 Å². The van der Waals surface area contributed by atoms with Gasteiger partial charge < -0.3 is 10.2 Å². The van der Waals surface area contributed by atoms with Crippen LogP contribution in [0, 0.1) is 17.0 Å². The van der Waals surface area contributed by atoms with Gasteiger partial charge in [0.1, 0.15) is 0 Å². The normalized spacial score (nSPS) is 17.6. The standard InChI is InChI=1S/C15H21N3O3/c1-11-10-12(18(20)21)4-5-13(11)14(19)17-8-6-15(2,16-3)7-9-17/h4-5,10,16H,6-9H2,1-3H3. The number of amides is 1. The summed E-state index contributed by atoms with van der Waals surface area (Å²) < 4.78 is 0. The number of carbonyl (C=O) groups is 1. The van der Waals surface area contributed by atoms with Crippen molar-refractivity contribution in [2.45, 2.75) is 32.2 Å². The number of nitro groups is 1. The van der Waals surface area contributed by atoms with Gasteiger partial charge >= 0.3 is 0 Å². The highest BCUT2D eigenvalue weighted by molar-refractivity contribution is 5.96. The van der Waals surface area contributed by atoms with Gasteiger partial charge in [0.05, 0.1) is 4.92 Å². The first-order valence-corrected chi connectivity index (χ1v) is 7.09. The SMILES string of the molecule is CNC1(C)CCN(C(=O)c2ccc([N+](=O)[O-])cc2C)CC1. The predicted molar refractivity (Wildman–Crippen MR) is 80.4 cm³/mol. The van der Waals surface area contributed by atoms with Crippen molar-refractivity contribution in [3.8, 4) is 0 Å². The van der Waals surface area contributed by atoms with E-state index in [0.29, 0.717) is 24.2 Å². The summed E-state index contributed by atoms with van der Waals surface area (Å²) in [6.07, 6.45) is 1.81. The van der Waals surface area contributed by atoms with Gasteiger partial charge in [0.2, 0.25) is 0 Å². The van der Waals surface area contributed by atoms with Gasteiger partial charge in [-0.15, -0.1) is 0 Å². The zero-order chi connectivity index (χ0) is 15.6. The van der Waals surface area contributed by atoms with Gasteiger partial charge in [-0.05, 0) is 45.4 Å². The zero-order valence-electron chi connectivity index (χ0n) is 12.7. The molecule has 1 aromatic carbocycles. The Bertz CT molecular complexity index is 563. The molecular formula is C15H21N3O3. The molecule has 1 N–H and O–H groups in total. The van der Waals surface area contributed by atoms with Crippen LogP contribution in [0.2, 0.25) is 0 Å². The number of hydrogen-bond acceptors (Lipinski definition) is 4. The van der Waals surface area contributed by atoms with E-state index in [9.17, 15) is 14.9 Å². The highest BCUT2D eigenvalue weighted by atomic mass is 16.6. The summed E-state index contributed by atoms with van der Waals surface area (Å²) in [6, 6.07) is 4.40. The molecule has 21 heavy (non-hydrogen) atoms. The summed E-state index contributed by atoms with van der Waals surface area (Å²) in [4.78, 5) is 24.7. The molecule has 2 rings (SSSR count). The van der Waals surface area contributed by atoms with Crippen molar-refractivity contribution >= 4 is 11.6 Å². The third kappa shape index (κ3) is 3.21. The third-order valence-corrected chi connectivity index (χ3v) is 4.41. The first kappa shape index (κ1) is 15.4. The largest absolute Gasteiger partial charge is 0.339 e. The molecule has 114 valence electrons. The summed E-state index contributed by atoms with van der Waals surface area (Å²) in [7, 11) is 1.94. The molecule has 1 heterocycles. The number of nitro benzene ring substituents is 1. The Morgan fingerprint density at radius 2 is 2.00 bits per heavy atom. The molecule has 0 unspecified atom stereocenters. The van der Waals surface area contributed by atoms with Gasteiger partial charge in [0, 0.05) is 36.3 Å². The minimum absolute atomic E-state index is 0.0189. The average Bonchev–Trinajstić information content (AvgIpc) is 2.47. The minimum atomic E-state index is -0.444. The second-order valence-corrected chi connectivity index (χ2v) is 5.86. The van der Waals surface area contributed by atoms with Crippen molar-refractivity contribution in [3.63, 3.8) is 0 Å². The first-order chi connectivity index (χ1) is 9.86. The van der Waals surface area contributed by atoms with Crippen LogP contribution in [0.15, 0.2) is 18.2 Å². The minimum Gasteiger partial charge on any atom is -0.339 e. The zero-order valence-corrected chi connectivity index (χ0v) is 12.7. The summed E-state index contributed by atoms with van der Waals surface area (Å²) in [5, 5.41) is 14.0. The lowest BCUT2D eigenvalue weighted by Gasteiger charge is -2.39. The van der Waals surface area contributed by atoms with Crippen LogP contribution in [0.4, 0.5) is 5.69 Å². The van der Waals surface area contributed by atoms with E-state index in [4.69, 9.17) is 0 Å². The second kappa shape index (κ2) is 5.81. The lowest BCUT2D eigenvalue weighted by atomic mass is 9.89. The predicted octanol–water partition coefficient (Wildman–Crippen LogP) is 2.12. The first-order valence-electron chi connectivity index (χ1n) is 7.09. The Labute approximate surface area is 124 Å². The number of nitrogens with one attached hydrogen (secondary N) is 1. The van der Waals surface area contributed by atoms with E-state index in [0.717, 1.165) is 12.8 Å². The average molecular weight is 291 g/mol. The van der Waals surface area contributed by atoms with Crippen LogP contribution in [0.3, 0.4) is 0 Å². The van der Waals surface area contributed by atoms with Crippen molar-refractivity contribution in [2.24, 2.45) is 0 Å². The lowest BCUT2D eigenvalue weighted by Crippen LogP contribution is -2.51. The van der Waals surface area contributed by atoms with Crippen molar-refractivity contribution < 1.29 is 9.72 Å². The molecule has 0 saturated carbocycles. The van der Waals surface area contributed by atoms with E-state index in [1.807, 2.05) is 11.9 Å². The summed E-state index contributed by atoms with van der Waals surface area (Å²) in [5.74, 6) is -0.0412. The van der Waals surface area contributed by atoms with Gasteiger partial charge in [0.15, 0.2) is 0 Å². The molecule has 1 aliphatic rings. The molecule has 0 aromatic heterocycles. The second-order valence-electron chi connectivity index (χ2n) is 5.86. The molecule has 1 saturated heterocycles.